The fourth-order valence-corrected chi connectivity index (χ4v) is 2.69. The molecule has 1 aromatic heterocycles. The van der Waals surface area contributed by atoms with Crippen molar-refractivity contribution in [3.8, 4) is 5.75 Å². The summed E-state index contributed by atoms with van der Waals surface area (Å²) >= 11 is 0. The van der Waals surface area contributed by atoms with Crippen LogP contribution >= 0.6 is 0 Å². The summed E-state index contributed by atoms with van der Waals surface area (Å²) in [4.78, 5) is 8.20. The van der Waals surface area contributed by atoms with Crippen LogP contribution < -0.4 is 20.7 Å². The van der Waals surface area contributed by atoms with Crippen molar-refractivity contribution < 1.29 is 19.3 Å². The molecule has 3 aromatic rings. The zero-order valence-corrected chi connectivity index (χ0v) is 17.8. The number of anilines is 5. The van der Waals surface area contributed by atoms with Gasteiger partial charge in [0.2, 0.25) is 5.95 Å². The van der Waals surface area contributed by atoms with Crippen LogP contribution in [0, 0.1) is 5.82 Å². The lowest BCUT2D eigenvalue weighted by molar-refractivity contribution is 0.0413. The fraction of sp³-hybridized carbons (Fsp3) is 0.217. The lowest BCUT2D eigenvalue weighted by Crippen LogP contribution is -2.32. The first-order chi connectivity index (χ1) is 15.3. The van der Waals surface area contributed by atoms with E-state index in [2.05, 4.69) is 32.5 Å². The molecular weight excluding hydrogens is 413 g/mol. The number of halogens is 1. The molecule has 32 heavy (non-hydrogen) atoms. The number of aromatic nitrogens is 2. The topological polar surface area (TPSA) is 112 Å². The fourth-order valence-electron chi connectivity index (χ4n) is 2.69. The molecule has 0 aliphatic rings. The van der Waals surface area contributed by atoms with Crippen molar-refractivity contribution in [3.63, 3.8) is 0 Å². The molecule has 1 heterocycles. The third-order valence-electron chi connectivity index (χ3n) is 4.27. The first-order valence-corrected chi connectivity index (χ1v) is 9.92. The summed E-state index contributed by atoms with van der Waals surface area (Å²) < 4.78 is 20.1. The van der Waals surface area contributed by atoms with E-state index in [1.54, 1.807) is 62.4 Å². The molecule has 1 atom stereocenters. The van der Waals surface area contributed by atoms with Crippen LogP contribution in [-0.2, 0) is 0 Å². The zero-order chi connectivity index (χ0) is 23.1. The maximum atomic E-state index is 14.3. The number of rotatable bonds is 10. The second-order valence-electron chi connectivity index (χ2n) is 7.59. The number of hydrogen-bond donors (Lipinski definition) is 5. The van der Waals surface area contributed by atoms with Crippen LogP contribution in [0.15, 0.2) is 67.4 Å². The number of nitrogens with zero attached hydrogens (tertiary/aromatic N) is 2. The van der Waals surface area contributed by atoms with Crippen molar-refractivity contribution in [2.24, 2.45) is 0 Å². The normalized spacial score (nSPS) is 12.0. The third kappa shape index (κ3) is 6.40. The van der Waals surface area contributed by atoms with Crippen LogP contribution in [0.5, 0.6) is 5.75 Å². The first-order valence-electron chi connectivity index (χ1n) is 9.92. The molecule has 0 saturated carbocycles. The summed E-state index contributed by atoms with van der Waals surface area (Å²) in [5.74, 6) is 0.101. The van der Waals surface area contributed by atoms with Gasteiger partial charge < -0.3 is 30.9 Å². The van der Waals surface area contributed by atoms with E-state index in [0.29, 0.717) is 22.8 Å². The second-order valence-corrected chi connectivity index (χ2v) is 7.59. The van der Waals surface area contributed by atoms with E-state index >= 15 is 0 Å². The van der Waals surface area contributed by atoms with Crippen molar-refractivity contribution in [3.05, 3.63) is 73.2 Å². The first kappa shape index (κ1) is 23.0. The van der Waals surface area contributed by atoms with Crippen LogP contribution in [0.2, 0.25) is 0 Å². The molecule has 0 radical (unpaired) electrons. The molecule has 0 spiro atoms. The molecule has 0 aliphatic heterocycles. The number of aliphatic hydroxyl groups excluding tert-OH is 2. The Kier molecular flexibility index (Phi) is 7.24. The van der Waals surface area contributed by atoms with Gasteiger partial charge in [-0.15, -0.1) is 0 Å². The summed E-state index contributed by atoms with van der Waals surface area (Å²) in [6.07, 6.45) is 1.52. The minimum absolute atomic E-state index is 0.0160. The van der Waals surface area contributed by atoms with E-state index in [-0.39, 0.29) is 18.4 Å². The van der Waals surface area contributed by atoms with Crippen molar-refractivity contribution in [2.75, 3.05) is 22.6 Å². The molecule has 3 rings (SSSR count). The highest BCUT2D eigenvalue weighted by Crippen LogP contribution is 2.25. The molecule has 0 amide bonds. The lowest BCUT2D eigenvalue weighted by atomic mass is 10.1. The number of hydrogen-bond acceptors (Lipinski definition) is 8. The van der Waals surface area contributed by atoms with Gasteiger partial charge in [-0.3, -0.25) is 0 Å². The summed E-state index contributed by atoms with van der Waals surface area (Å²) in [5, 5.41) is 27.8. The lowest BCUT2D eigenvalue weighted by Gasteiger charge is -2.24. The number of benzene rings is 2. The SMILES string of the molecule is C=CC(O)Nc1cccc(Nc2nc(Nc3cccc(OC(C)(C)CO)c3)ncc2F)c1. The Morgan fingerprint density at radius 3 is 2.53 bits per heavy atom. The van der Waals surface area contributed by atoms with Gasteiger partial charge in [0, 0.05) is 23.1 Å². The van der Waals surface area contributed by atoms with E-state index in [1.165, 1.54) is 6.08 Å². The van der Waals surface area contributed by atoms with Crippen LogP contribution in [0.1, 0.15) is 13.8 Å². The molecule has 1 unspecified atom stereocenters. The summed E-state index contributed by atoms with van der Waals surface area (Å²) in [7, 11) is 0. The van der Waals surface area contributed by atoms with Gasteiger partial charge in [0.15, 0.2) is 11.6 Å². The molecule has 5 N–H and O–H groups in total. The number of ether oxygens (including phenoxy) is 1. The van der Waals surface area contributed by atoms with Gasteiger partial charge in [-0.1, -0.05) is 18.7 Å². The zero-order valence-electron chi connectivity index (χ0n) is 17.8. The standard InChI is InChI=1S/C23H26FN5O3/c1-4-20(31)26-15-7-5-8-16(11-15)27-21-19(24)13-25-22(29-21)28-17-9-6-10-18(12-17)32-23(2,3)14-30/h4-13,20,26,30-31H,1,14H2,2-3H3,(H2,25,27,28,29). The maximum Gasteiger partial charge on any atom is 0.229 e. The van der Waals surface area contributed by atoms with Gasteiger partial charge >= 0.3 is 0 Å². The van der Waals surface area contributed by atoms with E-state index in [9.17, 15) is 14.6 Å². The van der Waals surface area contributed by atoms with Gasteiger partial charge in [0.25, 0.3) is 0 Å². The molecule has 168 valence electrons. The second kappa shape index (κ2) is 10.1. The van der Waals surface area contributed by atoms with Crippen LogP contribution in [0.3, 0.4) is 0 Å². The highest BCUT2D eigenvalue weighted by molar-refractivity contribution is 5.64. The average molecular weight is 439 g/mol. The molecular formula is C23H26FN5O3. The minimum atomic E-state index is -0.903. The van der Waals surface area contributed by atoms with Gasteiger partial charge in [0.05, 0.1) is 12.8 Å². The van der Waals surface area contributed by atoms with Crippen molar-refractivity contribution in [1.29, 1.82) is 0 Å². The largest absolute Gasteiger partial charge is 0.485 e. The van der Waals surface area contributed by atoms with E-state index < -0.39 is 17.6 Å². The number of nitrogens with one attached hydrogen (secondary N) is 3. The molecule has 2 aromatic carbocycles. The van der Waals surface area contributed by atoms with Crippen molar-refractivity contribution in [2.45, 2.75) is 25.7 Å². The average Bonchev–Trinajstić information content (AvgIpc) is 2.76. The summed E-state index contributed by atoms with van der Waals surface area (Å²) in [6.45, 7) is 6.92. The van der Waals surface area contributed by atoms with E-state index in [1.807, 2.05) is 0 Å². The Morgan fingerprint density at radius 2 is 1.81 bits per heavy atom. The highest BCUT2D eigenvalue weighted by Gasteiger charge is 2.18. The monoisotopic (exact) mass is 439 g/mol. The van der Waals surface area contributed by atoms with Gasteiger partial charge in [-0.2, -0.15) is 4.98 Å². The van der Waals surface area contributed by atoms with Gasteiger partial charge in [0.1, 0.15) is 17.6 Å². The summed E-state index contributed by atoms with van der Waals surface area (Å²) in [5.41, 5.74) is 1.10. The van der Waals surface area contributed by atoms with Crippen LogP contribution in [0.4, 0.5) is 33.2 Å². The Morgan fingerprint density at radius 1 is 1.12 bits per heavy atom. The number of aliphatic hydroxyl groups is 2. The molecule has 0 bridgehead atoms. The molecule has 0 fully saturated rings. The smallest absolute Gasteiger partial charge is 0.229 e. The highest BCUT2D eigenvalue weighted by atomic mass is 19.1. The predicted octanol–water partition coefficient (Wildman–Crippen LogP) is 4.17. The van der Waals surface area contributed by atoms with Crippen LogP contribution in [-0.4, -0.2) is 38.6 Å². The van der Waals surface area contributed by atoms with Crippen molar-refractivity contribution >= 4 is 28.8 Å². The third-order valence-corrected chi connectivity index (χ3v) is 4.27. The van der Waals surface area contributed by atoms with E-state index in [0.717, 1.165) is 6.20 Å². The Hall–Kier alpha value is -3.69. The molecule has 0 saturated heterocycles. The molecule has 9 heteroatoms. The minimum Gasteiger partial charge on any atom is -0.485 e. The van der Waals surface area contributed by atoms with Gasteiger partial charge in [-0.25, -0.2) is 9.37 Å². The Balaban J connectivity index is 1.75. The quantitative estimate of drug-likeness (QED) is 0.236. The molecule has 8 nitrogen and oxygen atoms in total. The van der Waals surface area contributed by atoms with E-state index in [4.69, 9.17) is 4.74 Å². The van der Waals surface area contributed by atoms with Crippen LogP contribution in [0.25, 0.3) is 0 Å². The predicted molar refractivity (Wildman–Crippen MR) is 123 cm³/mol. The van der Waals surface area contributed by atoms with Crippen molar-refractivity contribution in [1.82, 2.24) is 9.97 Å². The summed E-state index contributed by atoms with van der Waals surface area (Å²) in [6, 6.07) is 14.0. The Labute approximate surface area is 185 Å². The Bertz CT molecular complexity index is 1080. The molecule has 0 aliphatic carbocycles. The maximum absolute atomic E-state index is 14.3. The van der Waals surface area contributed by atoms with Gasteiger partial charge in [-0.05, 0) is 50.3 Å².